The lowest BCUT2D eigenvalue weighted by Crippen LogP contribution is -2.33. The van der Waals surface area contributed by atoms with E-state index in [1.165, 1.54) is 11.4 Å². The summed E-state index contributed by atoms with van der Waals surface area (Å²) in [6, 6.07) is 4.14. The van der Waals surface area contributed by atoms with Crippen LogP contribution >= 0.6 is 0 Å². The summed E-state index contributed by atoms with van der Waals surface area (Å²) in [5.41, 5.74) is 5.22. The van der Waals surface area contributed by atoms with E-state index < -0.39 is 5.60 Å². The Labute approximate surface area is 115 Å². The van der Waals surface area contributed by atoms with Crippen molar-refractivity contribution in [2.75, 3.05) is 18.5 Å². The summed E-state index contributed by atoms with van der Waals surface area (Å²) in [5.74, 6) is 0. The Bertz CT molecular complexity index is 399. The molecule has 1 amide bonds. The molecule has 0 unspecified atom stereocenters. The summed E-state index contributed by atoms with van der Waals surface area (Å²) in [6.07, 6.45) is 0.483. The highest BCUT2D eigenvalue weighted by Gasteiger charge is 2.15. The van der Waals surface area contributed by atoms with Crippen molar-refractivity contribution >= 4 is 6.09 Å². The first-order valence-corrected chi connectivity index (χ1v) is 6.65. The summed E-state index contributed by atoms with van der Waals surface area (Å²) in [7, 11) is 0. The predicted octanol–water partition coefficient (Wildman–Crippen LogP) is 2.56. The molecular formula is C14H25N3O2. The first-order valence-electron chi connectivity index (χ1n) is 6.65. The van der Waals surface area contributed by atoms with Gasteiger partial charge >= 0.3 is 6.09 Å². The number of carbonyl (C=O) groups excluding carboxylic acids is 1. The molecule has 0 aliphatic rings. The van der Waals surface area contributed by atoms with Crippen molar-refractivity contribution < 1.29 is 9.53 Å². The van der Waals surface area contributed by atoms with Gasteiger partial charge in [0.2, 0.25) is 0 Å². The summed E-state index contributed by atoms with van der Waals surface area (Å²) in [5, 5.41) is 2.74. The SMILES string of the molecule is Cc1ccc(C)n1NCCCNC(=O)OC(C)(C)C. The highest BCUT2D eigenvalue weighted by molar-refractivity contribution is 5.67. The van der Waals surface area contributed by atoms with Gasteiger partial charge in [0.25, 0.3) is 0 Å². The van der Waals surface area contributed by atoms with Crippen LogP contribution in [0.15, 0.2) is 12.1 Å². The largest absolute Gasteiger partial charge is 0.444 e. The van der Waals surface area contributed by atoms with E-state index in [-0.39, 0.29) is 6.09 Å². The van der Waals surface area contributed by atoms with Crippen LogP contribution in [-0.4, -0.2) is 29.5 Å². The van der Waals surface area contributed by atoms with E-state index in [2.05, 4.69) is 36.7 Å². The number of hydrogen-bond acceptors (Lipinski definition) is 3. The molecule has 0 aliphatic heterocycles. The lowest BCUT2D eigenvalue weighted by atomic mass is 10.2. The minimum Gasteiger partial charge on any atom is -0.444 e. The number of rotatable bonds is 5. The maximum Gasteiger partial charge on any atom is 0.407 e. The van der Waals surface area contributed by atoms with E-state index in [0.29, 0.717) is 6.54 Å². The highest BCUT2D eigenvalue weighted by Crippen LogP contribution is 2.06. The molecule has 19 heavy (non-hydrogen) atoms. The topological polar surface area (TPSA) is 55.3 Å². The maximum absolute atomic E-state index is 11.4. The van der Waals surface area contributed by atoms with E-state index in [1.807, 2.05) is 25.4 Å². The molecule has 1 rings (SSSR count). The van der Waals surface area contributed by atoms with E-state index in [9.17, 15) is 4.79 Å². The van der Waals surface area contributed by atoms with Gasteiger partial charge in [0.15, 0.2) is 0 Å². The number of amides is 1. The van der Waals surface area contributed by atoms with Crippen LogP contribution in [0.3, 0.4) is 0 Å². The second kappa shape index (κ2) is 6.50. The Morgan fingerprint density at radius 1 is 1.21 bits per heavy atom. The average Bonchev–Trinajstić information content (AvgIpc) is 2.57. The molecule has 0 aliphatic carbocycles. The van der Waals surface area contributed by atoms with Crippen LogP contribution in [0.2, 0.25) is 0 Å². The molecule has 1 aromatic heterocycles. The van der Waals surface area contributed by atoms with Gasteiger partial charge in [-0.25, -0.2) is 4.79 Å². The second-order valence-electron chi connectivity index (χ2n) is 5.64. The zero-order valence-corrected chi connectivity index (χ0v) is 12.5. The van der Waals surface area contributed by atoms with Crippen molar-refractivity contribution in [3.8, 4) is 0 Å². The zero-order chi connectivity index (χ0) is 14.5. The smallest absolute Gasteiger partial charge is 0.407 e. The Hall–Kier alpha value is -1.65. The molecule has 0 atom stereocenters. The van der Waals surface area contributed by atoms with Gasteiger partial charge in [-0.1, -0.05) is 0 Å². The van der Waals surface area contributed by atoms with E-state index in [1.54, 1.807) is 0 Å². The van der Waals surface area contributed by atoms with Crippen LogP contribution < -0.4 is 10.7 Å². The normalized spacial score (nSPS) is 11.2. The molecule has 1 aromatic rings. The monoisotopic (exact) mass is 267 g/mol. The Morgan fingerprint density at radius 3 is 2.32 bits per heavy atom. The standard InChI is InChI=1S/C14H25N3O2/c1-11-7-8-12(2)17(11)16-10-6-9-15-13(18)19-14(3,4)5/h7-8,16H,6,9-10H2,1-5H3,(H,15,18). The van der Waals surface area contributed by atoms with Crippen molar-refractivity contribution in [2.24, 2.45) is 0 Å². The fourth-order valence-electron chi connectivity index (χ4n) is 1.70. The van der Waals surface area contributed by atoms with E-state index >= 15 is 0 Å². The van der Waals surface area contributed by atoms with Crippen molar-refractivity contribution in [3.63, 3.8) is 0 Å². The number of hydrogen-bond donors (Lipinski definition) is 2. The van der Waals surface area contributed by atoms with Crippen LogP contribution in [0.1, 0.15) is 38.6 Å². The Morgan fingerprint density at radius 2 is 1.79 bits per heavy atom. The summed E-state index contributed by atoms with van der Waals surface area (Å²) in [4.78, 5) is 11.4. The van der Waals surface area contributed by atoms with Crippen LogP contribution in [0.25, 0.3) is 0 Å². The molecule has 2 N–H and O–H groups in total. The molecule has 0 saturated heterocycles. The number of aromatic nitrogens is 1. The van der Waals surface area contributed by atoms with Gasteiger partial charge in [0.1, 0.15) is 5.60 Å². The number of nitrogens with zero attached hydrogens (tertiary/aromatic N) is 1. The fraction of sp³-hybridized carbons (Fsp3) is 0.643. The lowest BCUT2D eigenvalue weighted by Gasteiger charge is -2.19. The van der Waals surface area contributed by atoms with Crippen LogP contribution in [0.4, 0.5) is 4.79 Å². The van der Waals surface area contributed by atoms with E-state index in [4.69, 9.17) is 4.74 Å². The summed E-state index contributed by atoms with van der Waals surface area (Å²) < 4.78 is 7.20. The molecule has 5 nitrogen and oxygen atoms in total. The first-order chi connectivity index (χ1) is 8.79. The van der Waals surface area contributed by atoms with Gasteiger partial charge in [-0.15, -0.1) is 0 Å². The Kier molecular flexibility index (Phi) is 5.27. The van der Waals surface area contributed by atoms with Crippen molar-refractivity contribution in [2.45, 2.75) is 46.6 Å². The summed E-state index contributed by atoms with van der Waals surface area (Å²) >= 11 is 0. The zero-order valence-electron chi connectivity index (χ0n) is 12.5. The molecule has 0 fully saturated rings. The average molecular weight is 267 g/mol. The van der Waals surface area contributed by atoms with Crippen molar-refractivity contribution in [1.82, 2.24) is 9.99 Å². The minimum atomic E-state index is -0.443. The van der Waals surface area contributed by atoms with Crippen LogP contribution in [0, 0.1) is 13.8 Å². The number of alkyl carbamates (subject to hydrolysis) is 1. The second-order valence-corrected chi connectivity index (χ2v) is 5.64. The van der Waals surface area contributed by atoms with Crippen LogP contribution in [0.5, 0.6) is 0 Å². The molecule has 0 bridgehead atoms. The number of carbonyl (C=O) groups is 1. The molecular weight excluding hydrogens is 242 g/mol. The lowest BCUT2D eigenvalue weighted by molar-refractivity contribution is 0.0527. The van der Waals surface area contributed by atoms with E-state index in [0.717, 1.165) is 13.0 Å². The quantitative estimate of drug-likeness (QED) is 0.806. The molecule has 0 saturated carbocycles. The third-order valence-electron chi connectivity index (χ3n) is 2.56. The highest BCUT2D eigenvalue weighted by atomic mass is 16.6. The molecule has 1 heterocycles. The molecule has 0 spiro atoms. The third-order valence-corrected chi connectivity index (χ3v) is 2.56. The van der Waals surface area contributed by atoms with Gasteiger partial charge in [-0.2, -0.15) is 0 Å². The maximum atomic E-state index is 11.4. The van der Waals surface area contributed by atoms with Gasteiger partial charge < -0.3 is 15.5 Å². The minimum absolute atomic E-state index is 0.360. The van der Waals surface area contributed by atoms with Gasteiger partial charge in [-0.05, 0) is 53.2 Å². The van der Waals surface area contributed by atoms with Gasteiger partial charge in [0.05, 0.1) is 0 Å². The number of aryl methyl sites for hydroxylation is 2. The van der Waals surface area contributed by atoms with Crippen molar-refractivity contribution in [1.29, 1.82) is 0 Å². The molecule has 108 valence electrons. The summed E-state index contributed by atoms with van der Waals surface area (Å²) in [6.45, 7) is 11.1. The first kappa shape index (κ1) is 15.4. The van der Waals surface area contributed by atoms with Crippen molar-refractivity contribution in [3.05, 3.63) is 23.5 Å². The molecule has 0 radical (unpaired) electrons. The fourth-order valence-corrected chi connectivity index (χ4v) is 1.70. The number of ether oxygens (including phenoxy) is 1. The van der Waals surface area contributed by atoms with Gasteiger partial charge in [0, 0.05) is 24.5 Å². The predicted molar refractivity (Wildman–Crippen MR) is 77.0 cm³/mol. The van der Waals surface area contributed by atoms with Crippen LogP contribution in [-0.2, 0) is 4.74 Å². The molecule has 0 aromatic carbocycles. The third kappa shape index (κ3) is 5.68. The Balaban J connectivity index is 2.17. The number of nitrogens with one attached hydrogen (secondary N) is 2. The molecule has 5 heteroatoms. The van der Waals surface area contributed by atoms with Gasteiger partial charge in [-0.3, -0.25) is 4.68 Å².